The average Bonchev–Trinajstić information content (AvgIpc) is 3.67. The number of anilines is 1. The lowest BCUT2D eigenvalue weighted by Crippen LogP contribution is -2.53. The monoisotopic (exact) mass is 635 g/mol. The number of benzene rings is 2. The number of hydrogen-bond acceptors (Lipinski definition) is 7. The van der Waals surface area contributed by atoms with Gasteiger partial charge in [-0.15, -0.1) is 23.1 Å². The number of nitrogens with zero attached hydrogens (tertiary/aromatic N) is 5. The van der Waals surface area contributed by atoms with Crippen molar-refractivity contribution >= 4 is 58.2 Å². The van der Waals surface area contributed by atoms with E-state index in [1.54, 1.807) is 37.8 Å². The highest BCUT2D eigenvalue weighted by Crippen LogP contribution is 2.49. The molecule has 12 heteroatoms. The number of thioether (sulfide) groups is 1. The van der Waals surface area contributed by atoms with Crippen LogP contribution >= 0.6 is 34.7 Å². The summed E-state index contributed by atoms with van der Waals surface area (Å²) in [6.07, 6.45) is 0. The Hall–Kier alpha value is -3.80. The largest absolute Gasteiger partial charge is 0.497 e. The molecule has 1 saturated heterocycles. The molecule has 222 valence electrons. The highest BCUT2D eigenvalue weighted by molar-refractivity contribution is 8.00. The fourth-order valence-corrected chi connectivity index (χ4v) is 7.72. The van der Waals surface area contributed by atoms with Crippen molar-refractivity contribution in [2.24, 2.45) is 0 Å². The van der Waals surface area contributed by atoms with Crippen LogP contribution in [0.1, 0.15) is 22.6 Å². The molecule has 3 amide bonds. The third kappa shape index (κ3) is 5.89. The Morgan fingerprint density at radius 3 is 2.33 bits per heavy atom. The van der Waals surface area contributed by atoms with Gasteiger partial charge >= 0.3 is 0 Å². The third-order valence-corrected chi connectivity index (χ3v) is 10.3. The van der Waals surface area contributed by atoms with Crippen molar-refractivity contribution in [3.8, 4) is 22.7 Å². The summed E-state index contributed by atoms with van der Waals surface area (Å²) in [7, 11) is 1.61. The molecule has 2 aromatic heterocycles. The number of carbonyl (C=O) groups is 3. The van der Waals surface area contributed by atoms with Crippen molar-refractivity contribution in [3.05, 3.63) is 81.5 Å². The number of hydrogen-bond donors (Lipinski definition) is 0. The molecule has 1 atom stereocenters. The van der Waals surface area contributed by atoms with Crippen molar-refractivity contribution in [3.63, 3.8) is 0 Å². The lowest BCUT2D eigenvalue weighted by Gasteiger charge is -2.35. The summed E-state index contributed by atoms with van der Waals surface area (Å²) in [5, 5.41) is 7.57. The van der Waals surface area contributed by atoms with Gasteiger partial charge in [-0.3, -0.25) is 19.3 Å². The van der Waals surface area contributed by atoms with Gasteiger partial charge in [-0.1, -0.05) is 29.8 Å². The van der Waals surface area contributed by atoms with Gasteiger partial charge in [0.1, 0.15) is 18.1 Å². The minimum Gasteiger partial charge on any atom is -0.497 e. The van der Waals surface area contributed by atoms with Crippen LogP contribution in [0.2, 0.25) is 5.02 Å². The number of halogens is 1. The molecule has 0 aliphatic carbocycles. The topological polar surface area (TPSA) is 88.0 Å². The van der Waals surface area contributed by atoms with E-state index in [4.69, 9.17) is 21.4 Å². The Bertz CT molecular complexity index is 1630. The molecule has 2 aromatic carbocycles. The van der Waals surface area contributed by atoms with Gasteiger partial charge in [0.2, 0.25) is 17.7 Å². The van der Waals surface area contributed by atoms with Crippen LogP contribution in [0.4, 0.5) is 5.82 Å². The van der Waals surface area contributed by atoms with Crippen LogP contribution < -0.4 is 9.64 Å². The zero-order chi connectivity index (χ0) is 30.1. The molecule has 0 bridgehead atoms. The summed E-state index contributed by atoms with van der Waals surface area (Å²) in [4.78, 5) is 45.6. The molecule has 0 radical (unpaired) electrons. The van der Waals surface area contributed by atoms with Crippen molar-refractivity contribution in [1.29, 1.82) is 0 Å². The molecule has 0 saturated carbocycles. The number of rotatable bonds is 6. The molecule has 0 unspecified atom stereocenters. The van der Waals surface area contributed by atoms with Crippen molar-refractivity contribution in [2.75, 3.05) is 50.5 Å². The summed E-state index contributed by atoms with van der Waals surface area (Å²) in [6, 6.07) is 19.1. The Kier molecular flexibility index (Phi) is 8.47. The highest BCUT2D eigenvalue weighted by atomic mass is 35.5. The predicted molar refractivity (Wildman–Crippen MR) is 170 cm³/mol. The first-order valence-corrected chi connectivity index (χ1v) is 16.2. The standard InChI is InChI=1S/C31H30ClN5O4S2/c1-20(38)34-13-15-35(16-14-34)26(39)18-36-27(40)19-43-30(25-4-3-17-42-25)28-29(21-5-7-22(32)8-6-21)33-37(31(28)36)23-9-11-24(41-2)12-10-23/h3-12,17,30H,13-16,18-19H2,1-2H3/t30-/m0/s1. The lowest BCUT2D eigenvalue weighted by atomic mass is 10.0. The molecule has 0 N–H and O–H groups in total. The Morgan fingerprint density at radius 1 is 1.00 bits per heavy atom. The summed E-state index contributed by atoms with van der Waals surface area (Å²) in [5.74, 6) is 1.12. The van der Waals surface area contributed by atoms with Crippen LogP contribution in [-0.2, 0) is 14.4 Å². The zero-order valence-corrected chi connectivity index (χ0v) is 26.1. The number of carbonyl (C=O) groups excluding carboxylic acids is 3. The first-order chi connectivity index (χ1) is 20.8. The molecule has 9 nitrogen and oxygen atoms in total. The van der Waals surface area contributed by atoms with Gasteiger partial charge in [-0.25, -0.2) is 4.68 Å². The maximum absolute atomic E-state index is 13.9. The van der Waals surface area contributed by atoms with Gasteiger partial charge < -0.3 is 14.5 Å². The van der Waals surface area contributed by atoms with Gasteiger partial charge in [-0.2, -0.15) is 5.10 Å². The highest BCUT2D eigenvalue weighted by Gasteiger charge is 2.39. The quantitative estimate of drug-likeness (QED) is 0.292. The molecule has 0 spiro atoms. The van der Waals surface area contributed by atoms with Crippen LogP contribution in [0.25, 0.3) is 16.9 Å². The first-order valence-electron chi connectivity index (χ1n) is 13.9. The van der Waals surface area contributed by atoms with E-state index in [0.717, 1.165) is 27.4 Å². The van der Waals surface area contributed by atoms with Crippen LogP contribution in [0.5, 0.6) is 5.75 Å². The zero-order valence-electron chi connectivity index (χ0n) is 23.7. The molecule has 4 heterocycles. The predicted octanol–water partition coefficient (Wildman–Crippen LogP) is 5.12. The first kappa shape index (κ1) is 29.3. The molecule has 4 aromatic rings. The molecule has 2 aliphatic heterocycles. The molecular formula is C31H30ClN5O4S2. The van der Waals surface area contributed by atoms with E-state index >= 15 is 0 Å². The minimum atomic E-state index is -0.184. The van der Waals surface area contributed by atoms with E-state index in [1.165, 1.54) is 18.7 Å². The van der Waals surface area contributed by atoms with E-state index in [-0.39, 0.29) is 35.3 Å². The number of methoxy groups -OCH3 is 1. The van der Waals surface area contributed by atoms with Crippen LogP contribution in [0, 0.1) is 0 Å². The maximum atomic E-state index is 13.9. The number of ether oxygens (including phenoxy) is 1. The second kappa shape index (κ2) is 12.4. The van der Waals surface area contributed by atoms with Crippen molar-refractivity contribution in [2.45, 2.75) is 12.2 Å². The van der Waals surface area contributed by atoms with Crippen LogP contribution in [0.3, 0.4) is 0 Å². The Morgan fingerprint density at radius 2 is 1.70 bits per heavy atom. The summed E-state index contributed by atoms with van der Waals surface area (Å²) >= 11 is 9.42. The molecule has 43 heavy (non-hydrogen) atoms. The molecule has 6 rings (SSSR count). The number of thiophene rings is 1. The second-order valence-corrected chi connectivity index (χ2v) is 12.8. The molecule has 2 aliphatic rings. The second-order valence-electron chi connectivity index (χ2n) is 10.3. The number of piperazine rings is 1. The van der Waals surface area contributed by atoms with Gasteiger partial charge in [0.25, 0.3) is 0 Å². The number of aromatic nitrogens is 2. The smallest absolute Gasteiger partial charge is 0.242 e. The van der Waals surface area contributed by atoms with E-state index in [1.807, 2.05) is 60.0 Å². The fourth-order valence-electron chi connectivity index (χ4n) is 5.41. The van der Waals surface area contributed by atoms with Crippen molar-refractivity contribution in [1.82, 2.24) is 19.6 Å². The van der Waals surface area contributed by atoms with E-state index in [2.05, 4.69) is 6.07 Å². The van der Waals surface area contributed by atoms with Gasteiger partial charge in [0.05, 0.1) is 29.5 Å². The van der Waals surface area contributed by atoms with Gasteiger partial charge in [0.15, 0.2) is 0 Å². The Labute approximate surface area is 263 Å². The third-order valence-electron chi connectivity index (χ3n) is 7.70. The van der Waals surface area contributed by atoms with E-state index in [0.29, 0.717) is 42.8 Å². The minimum absolute atomic E-state index is 0.00537. The lowest BCUT2D eigenvalue weighted by molar-refractivity contribution is -0.137. The fraction of sp³-hybridized carbons (Fsp3) is 0.290. The van der Waals surface area contributed by atoms with E-state index in [9.17, 15) is 14.4 Å². The van der Waals surface area contributed by atoms with Gasteiger partial charge in [0, 0.05) is 54.1 Å². The number of amides is 3. The summed E-state index contributed by atoms with van der Waals surface area (Å²) in [5.41, 5.74) is 3.17. The molecular weight excluding hydrogens is 606 g/mol. The normalized spacial score (nSPS) is 17.0. The number of fused-ring (bicyclic) bond motifs is 1. The van der Waals surface area contributed by atoms with Crippen LogP contribution in [0.15, 0.2) is 66.0 Å². The summed E-state index contributed by atoms with van der Waals surface area (Å²) in [6.45, 7) is 3.20. The average molecular weight is 636 g/mol. The maximum Gasteiger partial charge on any atom is 0.242 e. The van der Waals surface area contributed by atoms with Crippen LogP contribution in [-0.4, -0.2) is 82.9 Å². The van der Waals surface area contributed by atoms with Crippen molar-refractivity contribution < 1.29 is 19.1 Å². The molecule has 1 fully saturated rings. The van der Waals surface area contributed by atoms with Gasteiger partial charge in [-0.05, 0) is 47.8 Å². The van der Waals surface area contributed by atoms with E-state index < -0.39 is 0 Å². The Balaban J connectivity index is 1.50. The summed E-state index contributed by atoms with van der Waals surface area (Å²) < 4.78 is 7.15. The SMILES string of the molecule is COc1ccc(-n2nc(-c3ccc(Cl)cc3)c3c2N(CC(=O)N2CCN(C(C)=O)CC2)C(=O)CS[C@H]3c2cccs2)cc1.